The quantitative estimate of drug-likeness (QED) is 0.920. The van der Waals surface area contributed by atoms with E-state index in [2.05, 4.69) is 0 Å². The zero-order valence-electron chi connectivity index (χ0n) is 14.8. The first kappa shape index (κ1) is 18.0. The maximum atomic E-state index is 12.6. The Kier molecular flexibility index (Phi) is 5.89. The number of hydrogen-bond acceptors (Lipinski definition) is 3. The molecule has 0 saturated carbocycles. The molecule has 5 nitrogen and oxygen atoms in total. The first-order chi connectivity index (χ1) is 12.6. The van der Waals surface area contributed by atoms with E-state index in [1.165, 1.54) is 6.07 Å². The molecule has 5 heteroatoms. The number of carbonyl (C=O) groups excluding carboxylic acids is 2. The van der Waals surface area contributed by atoms with Crippen LogP contribution in [0.1, 0.15) is 28.8 Å². The summed E-state index contributed by atoms with van der Waals surface area (Å²) in [6.07, 6.45) is 1.99. The Balaban J connectivity index is 1.54. The fraction of sp³-hybridized carbons (Fsp3) is 0.333. The lowest BCUT2D eigenvalue weighted by Gasteiger charge is -2.22. The van der Waals surface area contributed by atoms with Gasteiger partial charge in [-0.15, -0.1) is 0 Å². The summed E-state index contributed by atoms with van der Waals surface area (Å²) in [7, 11) is 0. The first-order valence-corrected chi connectivity index (χ1v) is 9.03. The van der Waals surface area contributed by atoms with Crippen molar-refractivity contribution in [2.24, 2.45) is 0 Å². The van der Waals surface area contributed by atoms with Gasteiger partial charge < -0.3 is 14.9 Å². The molecule has 1 fully saturated rings. The lowest BCUT2D eigenvalue weighted by Crippen LogP contribution is -2.37. The van der Waals surface area contributed by atoms with Gasteiger partial charge in [0.05, 0.1) is 0 Å². The number of nitrogens with zero attached hydrogens (tertiary/aromatic N) is 2. The number of amides is 2. The smallest absolute Gasteiger partial charge is 0.254 e. The summed E-state index contributed by atoms with van der Waals surface area (Å²) in [6, 6.07) is 16.4. The topological polar surface area (TPSA) is 60.9 Å². The summed E-state index contributed by atoms with van der Waals surface area (Å²) in [6.45, 7) is 2.37. The molecule has 2 amide bonds. The van der Waals surface area contributed by atoms with Gasteiger partial charge in [-0.2, -0.15) is 0 Å². The molecule has 0 unspecified atom stereocenters. The number of carbonyl (C=O) groups is 2. The minimum atomic E-state index is -0.0977. The van der Waals surface area contributed by atoms with E-state index in [4.69, 9.17) is 0 Å². The summed E-state index contributed by atoms with van der Waals surface area (Å²) in [4.78, 5) is 28.7. The molecule has 0 aromatic heterocycles. The summed E-state index contributed by atoms with van der Waals surface area (Å²) in [5, 5.41) is 9.56. The number of aryl methyl sites for hydroxylation is 1. The number of phenols is 1. The Morgan fingerprint density at radius 2 is 1.62 bits per heavy atom. The highest BCUT2D eigenvalue weighted by Gasteiger charge is 2.22. The van der Waals surface area contributed by atoms with Crippen molar-refractivity contribution < 1.29 is 14.7 Å². The van der Waals surface area contributed by atoms with Crippen LogP contribution in [0.25, 0.3) is 0 Å². The standard InChI is InChI=1S/C21H24N2O3/c24-19-9-4-8-18(16-19)21(26)23-13-5-12-22(14-15-23)20(25)11-10-17-6-2-1-3-7-17/h1-4,6-9,16,24H,5,10-15H2. The van der Waals surface area contributed by atoms with Crippen molar-refractivity contribution in [1.29, 1.82) is 0 Å². The molecule has 0 spiro atoms. The molecule has 0 aliphatic carbocycles. The third kappa shape index (κ3) is 4.63. The summed E-state index contributed by atoms with van der Waals surface area (Å²) in [5.41, 5.74) is 1.64. The van der Waals surface area contributed by atoms with E-state index in [1.54, 1.807) is 23.1 Å². The molecular weight excluding hydrogens is 328 g/mol. The second-order valence-electron chi connectivity index (χ2n) is 6.56. The fourth-order valence-corrected chi connectivity index (χ4v) is 3.25. The normalized spacial score (nSPS) is 14.8. The molecule has 1 saturated heterocycles. The molecule has 0 radical (unpaired) electrons. The largest absolute Gasteiger partial charge is 0.508 e. The van der Waals surface area contributed by atoms with Crippen molar-refractivity contribution in [3.05, 3.63) is 65.7 Å². The minimum absolute atomic E-state index is 0.0865. The monoisotopic (exact) mass is 352 g/mol. The molecule has 0 atom stereocenters. The Labute approximate surface area is 153 Å². The summed E-state index contributed by atoms with van der Waals surface area (Å²) < 4.78 is 0. The average Bonchev–Trinajstić information content (AvgIpc) is 2.92. The third-order valence-corrected chi connectivity index (χ3v) is 4.70. The fourth-order valence-electron chi connectivity index (χ4n) is 3.25. The zero-order chi connectivity index (χ0) is 18.4. The molecular formula is C21H24N2O3. The second-order valence-corrected chi connectivity index (χ2v) is 6.56. The van der Waals surface area contributed by atoms with Gasteiger partial charge >= 0.3 is 0 Å². The van der Waals surface area contributed by atoms with E-state index in [1.807, 2.05) is 35.2 Å². The van der Waals surface area contributed by atoms with Gasteiger partial charge in [-0.3, -0.25) is 9.59 Å². The maximum Gasteiger partial charge on any atom is 0.254 e. The molecule has 1 aliphatic heterocycles. The van der Waals surface area contributed by atoms with Gasteiger partial charge in [-0.1, -0.05) is 36.4 Å². The van der Waals surface area contributed by atoms with E-state index in [9.17, 15) is 14.7 Å². The van der Waals surface area contributed by atoms with Crippen LogP contribution >= 0.6 is 0 Å². The van der Waals surface area contributed by atoms with Gasteiger partial charge in [0.1, 0.15) is 5.75 Å². The van der Waals surface area contributed by atoms with E-state index in [0.29, 0.717) is 38.2 Å². The number of rotatable bonds is 4. The van der Waals surface area contributed by atoms with Gasteiger partial charge in [0.15, 0.2) is 0 Å². The van der Waals surface area contributed by atoms with Gasteiger partial charge in [0.25, 0.3) is 5.91 Å². The lowest BCUT2D eigenvalue weighted by molar-refractivity contribution is -0.131. The number of hydrogen-bond donors (Lipinski definition) is 1. The van der Waals surface area contributed by atoms with Gasteiger partial charge in [0, 0.05) is 38.2 Å². The molecule has 3 rings (SSSR count). The SMILES string of the molecule is O=C(CCc1ccccc1)N1CCCN(C(=O)c2cccc(O)c2)CC1. The van der Waals surface area contributed by atoms with Gasteiger partial charge in [-0.05, 0) is 36.6 Å². The Morgan fingerprint density at radius 1 is 0.885 bits per heavy atom. The van der Waals surface area contributed by atoms with E-state index < -0.39 is 0 Å². The first-order valence-electron chi connectivity index (χ1n) is 9.03. The van der Waals surface area contributed by atoms with Crippen LogP contribution < -0.4 is 0 Å². The van der Waals surface area contributed by atoms with Gasteiger partial charge in [-0.25, -0.2) is 0 Å². The van der Waals surface area contributed by atoms with Crippen molar-refractivity contribution in [1.82, 2.24) is 9.80 Å². The summed E-state index contributed by atoms with van der Waals surface area (Å²) >= 11 is 0. The van der Waals surface area contributed by atoms with Crippen molar-refractivity contribution in [2.45, 2.75) is 19.3 Å². The summed E-state index contributed by atoms with van der Waals surface area (Å²) in [5.74, 6) is 0.128. The zero-order valence-corrected chi connectivity index (χ0v) is 14.8. The number of aromatic hydroxyl groups is 1. The Morgan fingerprint density at radius 3 is 2.38 bits per heavy atom. The molecule has 0 bridgehead atoms. The van der Waals surface area contributed by atoms with Crippen LogP contribution in [0.5, 0.6) is 5.75 Å². The van der Waals surface area contributed by atoms with Crippen LogP contribution in [-0.4, -0.2) is 52.9 Å². The lowest BCUT2D eigenvalue weighted by atomic mass is 10.1. The van der Waals surface area contributed by atoms with E-state index in [-0.39, 0.29) is 17.6 Å². The van der Waals surface area contributed by atoms with Crippen LogP contribution in [-0.2, 0) is 11.2 Å². The molecule has 1 heterocycles. The minimum Gasteiger partial charge on any atom is -0.508 e. The maximum absolute atomic E-state index is 12.6. The van der Waals surface area contributed by atoms with Crippen molar-refractivity contribution >= 4 is 11.8 Å². The Bertz CT molecular complexity index is 761. The Hall–Kier alpha value is -2.82. The average molecular weight is 352 g/mol. The highest BCUT2D eigenvalue weighted by molar-refractivity contribution is 5.94. The van der Waals surface area contributed by atoms with Crippen molar-refractivity contribution in [3.8, 4) is 5.75 Å². The van der Waals surface area contributed by atoms with E-state index >= 15 is 0 Å². The van der Waals surface area contributed by atoms with Crippen LogP contribution in [0.15, 0.2) is 54.6 Å². The van der Waals surface area contributed by atoms with Crippen LogP contribution in [0.2, 0.25) is 0 Å². The number of benzene rings is 2. The van der Waals surface area contributed by atoms with Crippen molar-refractivity contribution in [2.75, 3.05) is 26.2 Å². The highest BCUT2D eigenvalue weighted by Crippen LogP contribution is 2.15. The molecule has 136 valence electrons. The predicted octanol–water partition coefficient (Wildman–Crippen LogP) is 2.70. The molecule has 2 aromatic rings. The third-order valence-electron chi connectivity index (χ3n) is 4.70. The van der Waals surface area contributed by atoms with E-state index in [0.717, 1.165) is 18.4 Å². The molecule has 2 aromatic carbocycles. The predicted molar refractivity (Wildman–Crippen MR) is 100.0 cm³/mol. The van der Waals surface area contributed by atoms with Crippen LogP contribution in [0.3, 0.4) is 0 Å². The second kappa shape index (κ2) is 8.52. The van der Waals surface area contributed by atoms with Crippen LogP contribution in [0.4, 0.5) is 0 Å². The molecule has 26 heavy (non-hydrogen) atoms. The molecule has 1 aliphatic rings. The highest BCUT2D eigenvalue weighted by atomic mass is 16.3. The van der Waals surface area contributed by atoms with Crippen molar-refractivity contribution in [3.63, 3.8) is 0 Å². The number of phenolic OH excluding ortho intramolecular Hbond substituents is 1. The molecule has 1 N–H and O–H groups in total. The van der Waals surface area contributed by atoms with Gasteiger partial charge in [0.2, 0.25) is 5.91 Å². The van der Waals surface area contributed by atoms with Crippen LogP contribution in [0, 0.1) is 0 Å².